The van der Waals surface area contributed by atoms with Gasteiger partial charge in [-0.05, 0) is 11.6 Å². The highest BCUT2D eigenvalue weighted by molar-refractivity contribution is 6.22. The standard InChI is InChI=1S/C4H2ClF7O4/c5-1(6,13)3(9,10)15-16-4(11,12)2(7,8)14/h13-14H. The van der Waals surface area contributed by atoms with Crippen LogP contribution in [0.5, 0.6) is 0 Å². The van der Waals surface area contributed by atoms with Crippen molar-refractivity contribution in [2.45, 2.75) is 23.6 Å². The molecule has 0 aliphatic carbocycles. The van der Waals surface area contributed by atoms with Gasteiger partial charge in [-0.1, -0.05) is 0 Å². The van der Waals surface area contributed by atoms with Crippen LogP contribution in [0.2, 0.25) is 0 Å². The molecule has 4 nitrogen and oxygen atoms in total. The van der Waals surface area contributed by atoms with Gasteiger partial charge in [0.1, 0.15) is 0 Å². The summed E-state index contributed by atoms with van der Waals surface area (Å²) in [4.78, 5) is 4.32. The van der Waals surface area contributed by atoms with Crippen molar-refractivity contribution in [2.75, 3.05) is 0 Å². The number of hydrogen-bond acceptors (Lipinski definition) is 4. The van der Waals surface area contributed by atoms with Crippen molar-refractivity contribution in [3.05, 3.63) is 0 Å². The fourth-order valence-corrected chi connectivity index (χ4v) is 0.236. The number of alkyl halides is 8. The molecule has 2 N–H and O–H groups in total. The quantitative estimate of drug-likeness (QED) is 0.348. The maximum absolute atomic E-state index is 12.1. The molecule has 0 spiro atoms. The minimum Gasteiger partial charge on any atom is -0.343 e. The van der Waals surface area contributed by atoms with Gasteiger partial charge < -0.3 is 10.2 Å². The lowest BCUT2D eigenvalue weighted by Crippen LogP contribution is -2.48. The summed E-state index contributed by atoms with van der Waals surface area (Å²) in [5, 5.41) is 10.2. The monoisotopic (exact) mass is 282 g/mol. The van der Waals surface area contributed by atoms with Gasteiger partial charge in [0.25, 0.3) is 0 Å². The molecular weight excluding hydrogens is 280 g/mol. The van der Waals surface area contributed by atoms with E-state index in [0.717, 1.165) is 0 Å². The third kappa shape index (κ3) is 3.59. The summed E-state index contributed by atoms with van der Waals surface area (Å²) in [7, 11) is 0. The van der Waals surface area contributed by atoms with E-state index in [1.165, 1.54) is 0 Å². The lowest BCUT2D eigenvalue weighted by Gasteiger charge is -2.25. The van der Waals surface area contributed by atoms with Gasteiger partial charge in [0.2, 0.25) is 0 Å². The molecule has 0 aliphatic heterocycles. The molecule has 0 radical (unpaired) electrons. The molecule has 0 amide bonds. The maximum Gasteiger partial charge on any atom is 0.474 e. The van der Waals surface area contributed by atoms with Crippen LogP contribution in [-0.2, 0) is 9.78 Å². The molecule has 0 aromatic rings. The molecule has 0 rings (SSSR count). The minimum absolute atomic E-state index is 2.12. The topological polar surface area (TPSA) is 58.9 Å². The van der Waals surface area contributed by atoms with E-state index >= 15 is 0 Å². The fraction of sp³-hybridized carbons (Fsp3) is 1.00. The van der Waals surface area contributed by atoms with Gasteiger partial charge in [-0.2, -0.15) is 30.7 Å². The largest absolute Gasteiger partial charge is 0.474 e. The Hall–Kier alpha value is -0.360. The molecule has 0 saturated carbocycles. The summed E-state index contributed by atoms with van der Waals surface area (Å²) < 4.78 is 83.0. The molecule has 0 fully saturated rings. The summed E-state index contributed by atoms with van der Waals surface area (Å²) in [6, 6.07) is 0. The first-order valence-corrected chi connectivity index (χ1v) is 3.41. The highest BCUT2D eigenvalue weighted by atomic mass is 35.5. The Balaban J connectivity index is 4.59. The fourth-order valence-electron chi connectivity index (χ4n) is 0.205. The van der Waals surface area contributed by atoms with Crippen molar-refractivity contribution >= 4 is 11.6 Å². The van der Waals surface area contributed by atoms with Crippen molar-refractivity contribution in [3.8, 4) is 0 Å². The molecule has 1 atom stereocenters. The van der Waals surface area contributed by atoms with Crippen molar-refractivity contribution in [2.24, 2.45) is 0 Å². The maximum atomic E-state index is 12.1. The number of halogens is 8. The zero-order valence-electron chi connectivity index (χ0n) is 6.73. The van der Waals surface area contributed by atoms with Crippen LogP contribution in [0.1, 0.15) is 0 Å². The Morgan fingerprint density at radius 2 is 1.06 bits per heavy atom. The van der Waals surface area contributed by atoms with Crippen molar-refractivity contribution in [3.63, 3.8) is 0 Å². The Labute approximate surface area is 87.0 Å². The molecule has 0 bridgehead atoms. The second kappa shape index (κ2) is 4.14. The van der Waals surface area contributed by atoms with Crippen LogP contribution >= 0.6 is 11.6 Å². The van der Waals surface area contributed by atoms with E-state index in [-0.39, 0.29) is 0 Å². The Morgan fingerprint density at radius 1 is 0.750 bits per heavy atom. The molecule has 0 saturated heterocycles. The van der Waals surface area contributed by atoms with E-state index < -0.39 is 23.6 Å². The van der Waals surface area contributed by atoms with Gasteiger partial charge in [0, 0.05) is 0 Å². The number of hydrogen-bond donors (Lipinski definition) is 2. The lowest BCUT2D eigenvalue weighted by atomic mass is 10.6. The van der Waals surface area contributed by atoms with Gasteiger partial charge in [-0.3, -0.25) is 0 Å². The van der Waals surface area contributed by atoms with Gasteiger partial charge in [-0.15, -0.1) is 9.78 Å². The molecule has 12 heteroatoms. The van der Waals surface area contributed by atoms with Gasteiger partial charge in [-0.25, -0.2) is 0 Å². The third-order valence-electron chi connectivity index (χ3n) is 0.951. The van der Waals surface area contributed by atoms with Crippen molar-refractivity contribution in [1.29, 1.82) is 0 Å². The summed E-state index contributed by atoms with van der Waals surface area (Å²) in [6.45, 7) is 0. The molecule has 16 heavy (non-hydrogen) atoms. The third-order valence-corrected chi connectivity index (χ3v) is 1.17. The summed E-state index contributed by atoms with van der Waals surface area (Å²) >= 11 is 3.91. The van der Waals surface area contributed by atoms with Gasteiger partial charge in [0.05, 0.1) is 0 Å². The zero-order valence-corrected chi connectivity index (χ0v) is 7.49. The van der Waals surface area contributed by atoms with E-state index in [2.05, 4.69) is 21.4 Å². The summed E-state index contributed by atoms with van der Waals surface area (Å²) in [5.41, 5.74) is 0. The van der Waals surface area contributed by atoms with Crippen LogP contribution < -0.4 is 0 Å². The summed E-state index contributed by atoms with van der Waals surface area (Å²) in [5.74, 6) is 0. The first kappa shape index (κ1) is 15.6. The predicted octanol–water partition coefficient (Wildman–Crippen LogP) is 1.56. The predicted molar refractivity (Wildman–Crippen MR) is 31.1 cm³/mol. The van der Waals surface area contributed by atoms with Crippen molar-refractivity contribution in [1.82, 2.24) is 0 Å². The highest BCUT2D eigenvalue weighted by Crippen LogP contribution is 2.39. The van der Waals surface area contributed by atoms with E-state index in [1.54, 1.807) is 0 Å². The molecule has 0 heterocycles. The van der Waals surface area contributed by atoms with Gasteiger partial charge in [0.15, 0.2) is 0 Å². The first-order chi connectivity index (χ1) is 6.71. The van der Waals surface area contributed by atoms with Crippen LogP contribution in [0.25, 0.3) is 0 Å². The summed E-state index contributed by atoms with van der Waals surface area (Å²) in [6.07, 6.45) is -17.4. The Bertz CT molecular complexity index is 220. The smallest absolute Gasteiger partial charge is 0.343 e. The second-order valence-electron chi connectivity index (χ2n) is 2.28. The molecule has 98 valence electrons. The van der Waals surface area contributed by atoms with Gasteiger partial charge >= 0.3 is 23.6 Å². The molecule has 1 unspecified atom stereocenters. The number of aliphatic hydroxyl groups is 2. The van der Waals surface area contributed by atoms with E-state index in [9.17, 15) is 30.7 Å². The van der Waals surface area contributed by atoms with Crippen LogP contribution in [0.3, 0.4) is 0 Å². The van der Waals surface area contributed by atoms with Crippen molar-refractivity contribution < 1.29 is 50.7 Å². The normalized spacial score (nSPS) is 18.4. The lowest BCUT2D eigenvalue weighted by molar-refractivity contribution is -0.580. The number of rotatable bonds is 5. The SMILES string of the molecule is OC(F)(F)C(F)(F)OOC(F)(F)C(O)(F)Cl. The molecule has 0 aliphatic rings. The molecule has 0 aromatic carbocycles. The van der Waals surface area contributed by atoms with E-state index in [4.69, 9.17) is 10.2 Å². The van der Waals surface area contributed by atoms with E-state index in [1.807, 2.05) is 0 Å². The minimum atomic E-state index is -5.90. The van der Waals surface area contributed by atoms with Crippen LogP contribution in [-0.4, -0.2) is 33.9 Å². The molecular formula is C4H2ClF7O4. The average Bonchev–Trinajstić information content (AvgIpc) is 1.97. The first-order valence-electron chi connectivity index (χ1n) is 3.03. The zero-order chi connectivity index (χ0) is 13.4. The highest BCUT2D eigenvalue weighted by Gasteiger charge is 2.63. The average molecular weight is 282 g/mol. The Morgan fingerprint density at radius 3 is 1.31 bits per heavy atom. The Kier molecular flexibility index (Phi) is 4.05. The van der Waals surface area contributed by atoms with E-state index in [0.29, 0.717) is 0 Å². The van der Waals surface area contributed by atoms with Crippen LogP contribution in [0.15, 0.2) is 0 Å². The molecule has 0 aromatic heterocycles. The second-order valence-corrected chi connectivity index (χ2v) is 2.78. The van der Waals surface area contributed by atoms with Crippen LogP contribution in [0, 0.1) is 0 Å². The van der Waals surface area contributed by atoms with Crippen LogP contribution in [0.4, 0.5) is 30.7 Å².